The molecule has 0 radical (unpaired) electrons. The number of nitrogens with zero attached hydrogens (tertiary/aromatic N) is 3. The fourth-order valence-electron chi connectivity index (χ4n) is 2.55. The zero-order valence-corrected chi connectivity index (χ0v) is 15.4. The van der Waals surface area contributed by atoms with E-state index in [0.29, 0.717) is 34.3 Å². The molecule has 0 saturated carbocycles. The second kappa shape index (κ2) is 8.09. The molecule has 0 aliphatic carbocycles. The number of nitrogens with one attached hydrogen (secondary N) is 2. The fourth-order valence-corrected chi connectivity index (χ4v) is 2.55. The molecule has 142 valence electrons. The van der Waals surface area contributed by atoms with Crippen molar-refractivity contribution >= 4 is 11.7 Å². The minimum Gasteiger partial charge on any atom is -0.493 e. The highest BCUT2D eigenvalue weighted by atomic mass is 16.5. The number of aromatic amines is 1. The number of carbonyl (C=O) groups is 1. The Balaban J connectivity index is 1.83. The summed E-state index contributed by atoms with van der Waals surface area (Å²) in [5.74, 6) is 1.43. The van der Waals surface area contributed by atoms with E-state index >= 15 is 0 Å². The van der Waals surface area contributed by atoms with Crippen molar-refractivity contribution < 1.29 is 19.0 Å². The number of H-pyrrole nitrogens is 1. The van der Waals surface area contributed by atoms with Gasteiger partial charge in [0.25, 0.3) is 5.91 Å². The van der Waals surface area contributed by atoms with Crippen molar-refractivity contribution in [1.82, 2.24) is 15.2 Å². The van der Waals surface area contributed by atoms with Crippen LogP contribution in [0, 0.1) is 11.3 Å². The molecule has 9 heteroatoms. The van der Waals surface area contributed by atoms with E-state index in [4.69, 9.17) is 19.5 Å². The summed E-state index contributed by atoms with van der Waals surface area (Å²) >= 11 is 0. The van der Waals surface area contributed by atoms with Gasteiger partial charge in [-0.05, 0) is 24.3 Å². The first-order valence-corrected chi connectivity index (χ1v) is 8.13. The molecule has 0 atom stereocenters. The Morgan fingerprint density at radius 1 is 1.11 bits per heavy atom. The fraction of sp³-hybridized carbons (Fsp3) is 0.158. The van der Waals surface area contributed by atoms with Gasteiger partial charge in [-0.25, -0.2) is 4.98 Å². The standard InChI is InChI=1S/C19H17N5O4/c1-26-15-6-12(7-16(27-2)18(15)28-3)14-8-17(24-23-14)22-19(25)11-4-5-13(9-20)21-10-11/h4-8,10H,1-3H3,(H2,22,23,24,25). The van der Waals surface area contributed by atoms with Crippen LogP contribution in [0.5, 0.6) is 17.2 Å². The summed E-state index contributed by atoms with van der Waals surface area (Å²) < 4.78 is 16.0. The van der Waals surface area contributed by atoms with E-state index in [1.165, 1.54) is 39.7 Å². The lowest BCUT2D eigenvalue weighted by molar-refractivity contribution is 0.102. The van der Waals surface area contributed by atoms with Crippen LogP contribution in [0.1, 0.15) is 16.1 Å². The summed E-state index contributed by atoms with van der Waals surface area (Å²) in [4.78, 5) is 16.2. The normalized spacial score (nSPS) is 10.1. The molecule has 0 aliphatic rings. The third-order valence-corrected chi connectivity index (χ3v) is 3.94. The summed E-state index contributed by atoms with van der Waals surface area (Å²) in [6.45, 7) is 0. The van der Waals surface area contributed by atoms with Crippen LogP contribution in [-0.4, -0.2) is 42.4 Å². The predicted octanol–water partition coefficient (Wildman–Crippen LogP) is 2.62. The quantitative estimate of drug-likeness (QED) is 0.675. The molecule has 2 heterocycles. The average Bonchev–Trinajstić information content (AvgIpc) is 3.21. The molecule has 0 bridgehead atoms. The Hall–Kier alpha value is -4.06. The summed E-state index contributed by atoms with van der Waals surface area (Å²) in [6, 6.07) is 10.1. The smallest absolute Gasteiger partial charge is 0.258 e. The number of pyridine rings is 1. The molecule has 0 unspecified atom stereocenters. The second-order valence-electron chi connectivity index (χ2n) is 5.58. The molecule has 2 aromatic heterocycles. The van der Waals surface area contributed by atoms with Gasteiger partial charge in [0, 0.05) is 17.8 Å². The predicted molar refractivity (Wildman–Crippen MR) is 101 cm³/mol. The monoisotopic (exact) mass is 379 g/mol. The van der Waals surface area contributed by atoms with Crippen LogP contribution < -0.4 is 19.5 Å². The van der Waals surface area contributed by atoms with Crippen molar-refractivity contribution in [3.05, 3.63) is 47.8 Å². The van der Waals surface area contributed by atoms with E-state index in [2.05, 4.69) is 20.5 Å². The maximum absolute atomic E-state index is 12.3. The van der Waals surface area contributed by atoms with E-state index in [1.54, 1.807) is 18.2 Å². The van der Waals surface area contributed by atoms with Crippen molar-refractivity contribution in [1.29, 1.82) is 5.26 Å². The summed E-state index contributed by atoms with van der Waals surface area (Å²) in [6.07, 6.45) is 1.33. The van der Waals surface area contributed by atoms with Crippen LogP contribution in [0.15, 0.2) is 36.5 Å². The SMILES string of the molecule is COc1cc(-c2cc(NC(=O)c3ccc(C#N)nc3)n[nH]2)cc(OC)c1OC. The molecule has 0 spiro atoms. The zero-order chi connectivity index (χ0) is 20.1. The van der Waals surface area contributed by atoms with Gasteiger partial charge < -0.3 is 19.5 Å². The summed E-state index contributed by atoms with van der Waals surface area (Å²) in [5, 5.41) is 18.4. The largest absolute Gasteiger partial charge is 0.493 e. The van der Waals surface area contributed by atoms with Crippen molar-refractivity contribution in [2.45, 2.75) is 0 Å². The highest BCUT2D eigenvalue weighted by molar-refractivity contribution is 6.03. The van der Waals surface area contributed by atoms with Gasteiger partial charge in [0.2, 0.25) is 5.75 Å². The van der Waals surface area contributed by atoms with E-state index in [9.17, 15) is 4.79 Å². The van der Waals surface area contributed by atoms with Crippen LogP contribution >= 0.6 is 0 Å². The van der Waals surface area contributed by atoms with Crippen molar-refractivity contribution in [2.24, 2.45) is 0 Å². The lowest BCUT2D eigenvalue weighted by Crippen LogP contribution is -2.12. The first-order valence-electron chi connectivity index (χ1n) is 8.13. The molecule has 3 rings (SSSR count). The number of aromatic nitrogens is 3. The number of amides is 1. The van der Waals surface area contributed by atoms with Crippen LogP contribution in [0.2, 0.25) is 0 Å². The molecular weight excluding hydrogens is 362 g/mol. The molecule has 2 N–H and O–H groups in total. The van der Waals surface area contributed by atoms with Crippen LogP contribution in [0.25, 0.3) is 11.3 Å². The zero-order valence-electron chi connectivity index (χ0n) is 15.4. The molecule has 0 fully saturated rings. The van der Waals surface area contributed by atoms with E-state index in [1.807, 2.05) is 6.07 Å². The van der Waals surface area contributed by atoms with Gasteiger partial charge in [-0.2, -0.15) is 10.4 Å². The third-order valence-electron chi connectivity index (χ3n) is 3.94. The number of nitriles is 1. The Morgan fingerprint density at radius 3 is 2.36 bits per heavy atom. The van der Waals surface area contributed by atoms with Gasteiger partial charge in [0.05, 0.1) is 32.6 Å². The Kier molecular flexibility index (Phi) is 5.41. The molecule has 28 heavy (non-hydrogen) atoms. The van der Waals surface area contributed by atoms with E-state index in [-0.39, 0.29) is 11.6 Å². The molecule has 1 aromatic carbocycles. The Bertz CT molecular complexity index is 1010. The van der Waals surface area contributed by atoms with Gasteiger partial charge in [-0.3, -0.25) is 9.89 Å². The van der Waals surface area contributed by atoms with Crippen molar-refractivity contribution in [2.75, 3.05) is 26.6 Å². The molecular formula is C19H17N5O4. The van der Waals surface area contributed by atoms with Gasteiger partial charge in [-0.15, -0.1) is 0 Å². The number of methoxy groups -OCH3 is 3. The summed E-state index contributed by atoms with van der Waals surface area (Å²) in [7, 11) is 4.60. The second-order valence-corrected chi connectivity index (χ2v) is 5.58. The van der Waals surface area contributed by atoms with E-state index < -0.39 is 0 Å². The number of anilines is 1. The Labute approximate surface area is 160 Å². The number of hydrogen-bond acceptors (Lipinski definition) is 7. The minimum atomic E-state index is -0.389. The molecule has 1 amide bonds. The van der Waals surface area contributed by atoms with Crippen LogP contribution in [-0.2, 0) is 0 Å². The molecule has 0 saturated heterocycles. The van der Waals surface area contributed by atoms with Crippen LogP contribution in [0.4, 0.5) is 5.82 Å². The van der Waals surface area contributed by atoms with Gasteiger partial charge in [-0.1, -0.05) is 0 Å². The maximum Gasteiger partial charge on any atom is 0.258 e. The highest BCUT2D eigenvalue weighted by Crippen LogP contribution is 2.41. The van der Waals surface area contributed by atoms with E-state index in [0.717, 1.165) is 5.56 Å². The Morgan fingerprint density at radius 2 is 1.82 bits per heavy atom. The lowest BCUT2D eigenvalue weighted by Gasteiger charge is -2.13. The van der Waals surface area contributed by atoms with Crippen molar-refractivity contribution in [3.63, 3.8) is 0 Å². The van der Waals surface area contributed by atoms with Gasteiger partial charge in [0.15, 0.2) is 17.3 Å². The van der Waals surface area contributed by atoms with Crippen molar-refractivity contribution in [3.8, 4) is 34.6 Å². The average molecular weight is 379 g/mol. The first-order chi connectivity index (χ1) is 13.6. The topological polar surface area (TPSA) is 122 Å². The maximum atomic E-state index is 12.3. The number of carbonyl (C=O) groups excluding carboxylic acids is 1. The lowest BCUT2D eigenvalue weighted by atomic mass is 10.1. The number of benzene rings is 1. The number of rotatable bonds is 6. The number of hydrogen-bond donors (Lipinski definition) is 2. The molecule has 0 aliphatic heterocycles. The number of ether oxygens (including phenoxy) is 3. The first kappa shape index (κ1) is 18.7. The van der Waals surface area contributed by atoms with Crippen LogP contribution in [0.3, 0.4) is 0 Å². The van der Waals surface area contributed by atoms with Gasteiger partial charge >= 0.3 is 0 Å². The van der Waals surface area contributed by atoms with Gasteiger partial charge in [0.1, 0.15) is 11.8 Å². The third kappa shape index (κ3) is 3.71. The highest BCUT2D eigenvalue weighted by Gasteiger charge is 2.16. The minimum absolute atomic E-state index is 0.237. The molecule has 3 aromatic rings. The molecule has 9 nitrogen and oxygen atoms in total. The summed E-state index contributed by atoms with van der Waals surface area (Å²) in [5.41, 5.74) is 1.94.